The average Bonchev–Trinajstić information content (AvgIpc) is 2.96. The van der Waals surface area contributed by atoms with Crippen molar-refractivity contribution in [3.8, 4) is 0 Å². The third-order valence-corrected chi connectivity index (χ3v) is 4.81. The van der Waals surface area contributed by atoms with E-state index < -0.39 is 5.60 Å². The summed E-state index contributed by atoms with van der Waals surface area (Å²) in [5, 5.41) is 11.1. The van der Waals surface area contributed by atoms with Crippen LogP contribution in [0.4, 0.5) is 5.95 Å². The number of aliphatic hydroxyl groups is 1. The molecule has 0 aliphatic carbocycles. The van der Waals surface area contributed by atoms with E-state index in [0.717, 1.165) is 23.2 Å². The van der Waals surface area contributed by atoms with Crippen molar-refractivity contribution < 1.29 is 9.90 Å². The Balaban J connectivity index is 1.82. The van der Waals surface area contributed by atoms with E-state index in [1.807, 2.05) is 31.2 Å². The van der Waals surface area contributed by atoms with Gasteiger partial charge < -0.3 is 15.7 Å². The van der Waals surface area contributed by atoms with E-state index in [4.69, 9.17) is 5.73 Å². The molecule has 1 aliphatic rings. The summed E-state index contributed by atoms with van der Waals surface area (Å²) in [6.07, 6.45) is 1.24. The van der Waals surface area contributed by atoms with E-state index in [9.17, 15) is 9.90 Å². The van der Waals surface area contributed by atoms with Gasteiger partial charge in [0, 0.05) is 12.2 Å². The highest BCUT2D eigenvalue weighted by molar-refractivity contribution is 5.93. The van der Waals surface area contributed by atoms with Crippen LogP contribution in [0.15, 0.2) is 30.3 Å². The van der Waals surface area contributed by atoms with Crippen LogP contribution in [0.25, 0.3) is 0 Å². The fraction of sp³-hybridized carbons (Fsp3) is 0.450. The monoisotopic (exact) mass is 354 g/mol. The van der Waals surface area contributed by atoms with Crippen molar-refractivity contribution in [2.45, 2.75) is 39.2 Å². The summed E-state index contributed by atoms with van der Waals surface area (Å²) in [4.78, 5) is 22.9. The standard InChI is InChI=1S/C20H26N4O2/c1-13(2)10-15-11-17(23-19(21)22-15)18(25)24-9-8-20(26,12-24)16-7-5-4-6-14(16)3/h4-7,11,13,26H,8-10,12H2,1-3H3,(H2,21,22,23)/t20-/m1/s1. The Kier molecular flexibility index (Phi) is 4.96. The second kappa shape index (κ2) is 7.03. The van der Waals surface area contributed by atoms with Gasteiger partial charge >= 0.3 is 0 Å². The van der Waals surface area contributed by atoms with E-state index in [1.54, 1.807) is 11.0 Å². The Bertz CT molecular complexity index is 821. The van der Waals surface area contributed by atoms with Crippen molar-refractivity contribution >= 4 is 11.9 Å². The molecule has 1 aliphatic heterocycles. The first kappa shape index (κ1) is 18.3. The van der Waals surface area contributed by atoms with Gasteiger partial charge in [-0.1, -0.05) is 38.1 Å². The molecule has 0 radical (unpaired) electrons. The topological polar surface area (TPSA) is 92.3 Å². The Morgan fingerprint density at radius 3 is 2.77 bits per heavy atom. The Morgan fingerprint density at radius 1 is 1.35 bits per heavy atom. The quantitative estimate of drug-likeness (QED) is 0.879. The number of aryl methyl sites for hydroxylation is 1. The van der Waals surface area contributed by atoms with Gasteiger partial charge in [-0.15, -0.1) is 0 Å². The van der Waals surface area contributed by atoms with Crippen LogP contribution < -0.4 is 5.73 Å². The molecule has 2 aromatic rings. The lowest BCUT2D eigenvalue weighted by Gasteiger charge is -2.25. The number of anilines is 1. The van der Waals surface area contributed by atoms with Gasteiger partial charge in [0.05, 0.1) is 6.54 Å². The molecule has 6 heteroatoms. The van der Waals surface area contributed by atoms with Crippen molar-refractivity contribution in [3.63, 3.8) is 0 Å². The van der Waals surface area contributed by atoms with Crippen LogP contribution in [0.3, 0.4) is 0 Å². The molecule has 1 atom stereocenters. The molecule has 1 saturated heterocycles. The van der Waals surface area contributed by atoms with E-state index in [1.165, 1.54) is 0 Å². The number of nitrogen functional groups attached to an aromatic ring is 1. The number of amides is 1. The zero-order valence-electron chi connectivity index (χ0n) is 15.6. The summed E-state index contributed by atoms with van der Waals surface area (Å²) in [5.74, 6) is 0.304. The number of nitrogens with zero attached hydrogens (tertiary/aromatic N) is 3. The van der Waals surface area contributed by atoms with Crippen molar-refractivity contribution in [2.24, 2.45) is 5.92 Å². The fourth-order valence-corrected chi connectivity index (χ4v) is 3.59. The molecule has 2 heterocycles. The van der Waals surface area contributed by atoms with Crippen LogP contribution in [0.2, 0.25) is 0 Å². The van der Waals surface area contributed by atoms with Crippen molar-refractivity contribution in [2.75, 3.05) is 18.8 Å². The Labute approximate surface area is 154 Å². The molecular formula is C20H26N4O2. The highest BCUT2D eigenvalue weighted by Crippen LogP contribution is 2.34. The largest absolute Gasteiger partial charge is 0.383 e. The lowest BCUT2D eigenvalue weighted by Crippen LogP contribution is -2.35. The van der Waals surface area contributed by atoms with Crippen LogP contribution in [-0.4, -0.2) is 39.0 Å². The smallest absolute Gasteiger partial charge is 0.272 e. The maximum absolute atomic E-state index is 12.9. The van der Waals surface area contributed by atoms with Crippen molar-refractivity contribution in [3.05, 3.63) is 52.8 Å². The SMILES string of the molecule is Cc1ccccc1[C@@]1(O)CCN(C(=O)c2cc(CC(C)C)nc(N)n2)C1. The molecule has 3 N–H and O–H groups in total. The molecule has 1 fully saturated rings. The minimum absolute atomic E-state index is 0.111. The zero-order valence-corrected chi connectivity index (χ0v) is 15.6. The minimum Gasteiger partial charge on any atom is -0.383 e. The van der Waals surface area contributed by atoms with E-state index in [-0.39, 0.29) is 18.4 Å². The maximum Gasteiger partial charge on any atom is 0.272 e. The molecular weight excluding hydrogens is 328 g/mol. The van der Waals surface area contributed by atoms with Gasteiger partial charge in [0.1, 0.15) is 11.3 Å². The number of likely N-dealkylation sites (tertiary alicyclic amines) is 1. The third-order valence-electron chi connectivity index (χ3n) is 4.81. The Morgan fingerprint density at radius 2 is 2.08 bits per heavy atom. The lowest BCUT2D eigenvalue weighted by molar-refractivity contribution is 0.0410. The van der Waals surface area contributed by atoms with E-state index >= 15 is 0 Å². The highest BCUT2D eigenvalue weighted by atomic mass is 16.3. The summed E-state index contributed by atoms with van der Waals surface area (Å²) in [6.45, 7) is 6.87. The molecule has 26 heavy (non-hydrogen) atoms. The van der Waals surface area contributed by atoms with Crippen LogP contribution in [0, 0.1) is 12.8 Å². The molecule has 1 aromatic carbocycles. The normalized spacial score (nSPS) is 20.0. The summed E-state index contributed by atoms with van der Waals surface area (Å²) < 4.78 is 0. The van der Waals surface area contributed by atoms with Crippen molar-refractivity contribution in [1.82, 2.24) is 14.9 Å². The van der Waals surface area contributed by atoms with Crippen LogP contribution in [0.5, 0.6) is 0 Å². The predicted octanol–water partition coefficient (Wildman–Crippen LogP) is 2.30. The summed E-state index contributed by atoms with van der Waals surface area (Å²) in [5.41, 5.74) is 7.72. The molecule has 6 nitrogen and oxygen atoms in total. The number of aromatic nitrogens is 2. The first-order chi connectivity index (χ1) is 12.3. The first-order valence-electron chi connectivity index (χ1n) is 9.00. The number of nitrogens with two attached hydrogens (primary N) is 1. The predicted molar refractivity (Wildman–Crippen MR) is 101 cm³/mol. The van der Waals surface area contributed by atoms with Crippen molar-refractivity contribution in [1.29, 1.82) is 0 Å². The fourth-order valence-electron chi connectivity index (χ4n) is 3.59. The van der Waals surface area contributed by atoms with E-state index in [2.05, 4.69) is 23.8 Å². The lowest BCUT2D eigenvalue weighted by atomic mass is 9.89. The number of hydrogen-bond donors (Lipinski definition) is 2. The molecule has 1 aromatic heterocycles. The second-order valence-corrected chi connectivity index (χ2v) is 7.52. The number of rotatable bonds is 4. The maximum atomic E-state index is 12.9. The van der Waals surface area contributed by atoms with Crippen LogP contribution >= 0.6 is 0 Å². The molecule has 3 rings (SSSR count). The third kappa shape index (κ3) is 3.70. The van der Waals surface area contributed by atoms with Gasteiger partial charge in [0.15, 0.2) is 0 Å². The highest BCUT2D eigenvalue weighted by Gasteiger charge is 2.40. The van der Waals surface area contributed by atoms with Gasteiger partial charge in [-0.25, -0.2) is 9.97 Å². The number of carbonyl (C=O) groups is 1. The molecule has 0 bridgehead atoms. The molecule has 0 saturated carbocycles. The second-order valence-electron chi connectivity index (χ2n) is 7.52. The first-order valence-corrected chi connectivity index (χ1v) is 9.00. The minimum atomic E-state index is -1.03. The van der Waals surface area contributed by atoms with Gasteiger partial charge in [0.25, 0.3) is 5.91 Å². The molecule has 0 spiro atoms. The zero-order chi connectivity index (χ0) is 18.9. The molecule has 0 unspecified atom stereocenters. The average molecular weight is 354 g/mol. The molecule has 138 valence electrons. The van der Waals surface area contributed by atoms with Gasteiger partial charge in [0.2, 0.25) is 5.95 Å². The number of hydrogen-bond acceptors (Lipinski definition) is 5. The van der Waals surface area contributed by atoms with Crippen LogP contribution in [-0.2, 0) is 12.0 Å². The van der Waals surface area contributed by atoms with E-state index in [0.29, 0.717) is 24.6 Å². The van der Waals surface area contributed by atoms with Crippen LogP contribution in [0.1, 0.15) is 47.6 Å². The summed E-state index contributed by atoms with van der Waals surface area (Å²) in [7, 11) is 0. The summed E-state index contributed by atoms with van der Waals surface area (Å²) in [6, 6.07) is 9.46. The number of carbonyl (C=O) groups excluding carboxylic acids is 1. The van der Waals surface area contributed by atoms with Gasteiger partial charge in [-0.05, 0) is 42.9 Å². The van der Waals surface area contributed by atoms with Gasteiger partial charge in [-0.2, -0.15) is 0 Å². The number of β-amino-alcohol motifs (C(OH)–C–C–N with tert-alkyl or cyclic N) is 1. The van der Waals surface area contributed by atoms with Gasteiger partial charge in [-0.3, -0.25) is 4.79 Å². The Hall–Kier alpha value is -2.47. The molecule has 1 amide bonds. The summed E-state index contributed by atoms with van der Waals surface area (Å²) >= 11 is 0. The number of benzene rings is 1.